The highest BCUT2D eigenvalue weighted by Gasteiger charge is 2.15. The summed E-state index contributed by atoms with van der Waals surface area (Å²) < 4.78 is 14.9. The number of rotatable bonds is 2. The molecule has 0 spiro atoms. The van der Waals surface area contributed by atoms with Crippen molar-refractivity contribution in [1.29, 1.82) is 0 Å². The molecule has 0 aliphatic heterocycles. The molecule has 1 aromatic heterocycles. The van der Waals surface area contributed by atoms with Crippen molar-refractivity contribution in [2.45, 2.75) is 0 Å². The first-order valence-electron chi connectivity index (χ1n) is 6.37. The lowest BCUT2D eigenvalue weighted by Gasteiger charge is -2.06. The van der Waals surface area contributed by atoms with Gasteiger partial charge in [-0.1, -0.05) is 23.7 Å². The summed E-state index contributed by atoms with van der Waals surface area (Å²) in [5, 5.41) is 4.08. The second-order valence-corrected chi connectivity index (χ2v) is 5.13. The number of benzene rings is 2. The number of halogens is 2. The molecule has 0 unspecified atom stereocenters. The minimum Gasteiger partial charge on any atom is -0.340 e. The second kappa shape index (κ2) is 5.22. The highest BCUT2D eigenvalue weighted by Crippen LogP contribution is 2.26. The van der Waals surface area contributed by atoms with Crippen molar-refractivity contribution in [2.75, 3.05) is 5.32 Å². The number of hydrogen-bond acceptors (Lipinski definition) is 1. The normalized spacial score (nSPS) is 10.8. The number of fused-ring (bicyclic) bond motifs is 1. The topological polar surface area (TPSA) is 34.0 Å². The second-order valence-electron chi connectivity index (χ2n) is 4.73. The van der Waals surface area contributed by atoms with Crippen molar-refractivity contribution in [3.8, 4) is 0 Å². The van der Waals surface area contributed by atoms with Gasteiger partial charge in [0, 0.05) is 28.7 Å². The lowest BCUT2D eigenvalue weighted by Crippen LogP contribution is -2.15. The third-order valence-corrected chi connectivity index (χ3v) is 3.68. The van der Waals surface area contributed by atoms with Gasteiger partial charge in [0.2, 0.25) is 0 Å². The Hall–Kier alpha value is -2.33. The maximum atomic E-state index is 13.1. The number of carbonyl (C=O) groups is 1. The van der Waals surface area contributed by atoms with Crippen LogP contribution >= 0.6 is 11.6 Å². The fourth-order valence-electron chi connectivity index (χ4n) is 2.30. The Labute approximate surface area is 125 Å². The van der Waals surface area contributed by atoms with Crippen LogP contribution in [-0.4, -0.2) is 10.5 Å². The van der Waals surface area contributed by atoms with E-state index in [-0.39, 0.29) is 5.91 Å². The predicted octanol–water partition coefficient (Wildman–Crippen LogP) is 4.22. The van der Waals surface area contributed by atoms with E-state index < -0.39 is 5.82 Å². The Morgan fingerprint density at radius 1 is 1.19 bits per heavy atom. The maximum Gasteiger partial charge on any atom is 0.272 e. The summed E-state index contributed by atoms with van der Waals surface area (Å²) in [7, 11) is 1.79. The zero-order valence-electron chi connectivity index (χ0n) is 11.2. The predicted molar refractivity (Wildman–Crippen MR) is 82.3 cm³/mol. The van der Waals surface area contributed by atoms with E-state index in [1.54, 1.807) is 35.9 Å². The molecule has 106 valence electrons. The van der Waals surface area contributed by atoms with E-state index in [1.165, 1.54) is 12.1 Å². The summed E-state index contributed by atoms with van der Waals surface area (Å²) in [6.45, 7) is 0. The van der Waals surface area contributed by atoms with Crippen molar-refractivity contribution >= 4 is 34.1 Å². The number of hydrogen-bond donors (Lipinski definition) is 1. The van der Waals surface area contributed by atoms with Gasteiger partial charge in [0.15, 0.2) is 0 Å². The largest absolute Gasteiger partial charge is 0.340 e. The highest BCUT2D eigenvalue weighted by molar-refractivity contribution is 6.35. The standard InChI is InChI=1S/C16H12ClFN2O/c1-20-14-7-3-6-13(17)12(14)9-15(20)16(21)19-11-5-2-4-10(18)8-11/h2-9H,1H3,(H,19,21). The van der Waals surface area contributed by atoms with Crippen LogP contribution in [0.2, 0.25) is 5.02 Å². The molecular weight excluding hydrogens is 291 g/mol. The summed E-state index contributed by atoms with van der Waals surface area (Å²) in [5.74, 6) is -0.705. The van der Waals surface area contributed by atoms with Crippen LogP contribution in [-0.2, 0) is 7.05 Å². The number of aromatic nitrogens is 1. The molecule has 0 bridgehead atoms. The van der Waals surface area contributed by atoms with Crippen LogP contribution in [0.25, 0.3) is 10.9 Å². The van der Waals surface area contributed by atoms with Gasteiger partial charge >= 0.3 is 0 Å². The van der Waals surface area contributed by atoms with Crippen molar-refractivity contribution < 1.29 is 9.18 Å². The first-order valence-corrected chi connectivity index (χ1v) is 6.75. The molecule has 0 radical (unpaired) electrons. The van der Waals surface area contributed by atoms with Crippen molar-refractivity contribution in [3.63, 3.8) is 0 Å². The number of anilines is 1. The van der Waals surface area contributed by atoms with Crippen molar-refractivity contribution in [2.24, 2.45) is 7.05 Å². The minimum absolute atomic E-state index is 0.310. The van der Waals surface area contributed by atoms with E-state index >= 15 is 0 Å². The molecule has 3 aromatic rings. The number of nitrogens with zero attached hydrogens (tertiary/aromatic N) is 1. The lowest BCUT2D eigenvalue weighted by atomic mass is 10.2. The Morgan fingerprint density at radius 2 is 1.95 bits per heavy atom. The van der Waals surface area contributed by atoms with Gasteiger partial charge in [0.05, 0.1) is 0 Å². The Kier molecular flexibility index (Phi) is 3.39. The molecular formula is C16H12ClFN2O. The molecule has 21 heavy (non-hydrogen) atoms. The average Bonchev–Trinajstić information content (AvgIpc) is 2.78. The number of amides is 1. The third kappa shape index (κ3) is 2.50. The molecule has 3 rings (SSSR count). The van der Waals surface area contributed by atoms with Crippen LogP contribution in [0.1, 0.15) is 10.5 Å². The zero-order valence-corrected chi connectivity index (χ0v) is 12.0. The van der Waals surface area contributed by atoms with E-state index in [0.29, 0.717) is 16.4 Å². The Morgan fingerprint density at radius 3 is 2.67 bits per heavy atom. The molecule has 1 amide bonds. The summed E-state index contributed by atoms with van der Waals surface area (Å²) in [4.78, 5) is 12.3. The van der Waals surface area contributed by atoms with Gasteiger partial charge in [0.1, 0.15) is 11.5 Å². The molecule has 5 heteroatoms. The van der Waals surface area contributed by atoms with E-state index in [9.17, 15) is 9.18 Å². The third-order valence-electron chi connectivity index (χ3n) is 3.35. The molecule has 2 aromatic carbocycles. The van der Waals surface area contributed by atoms with Crippen LogP contribution in [0.3, 0.4) is 0 Å². The van der Waals surface area contributed by atoms with Gasteiger partial charge in [-0.3, -0.25) is 4.79 Å². The molecule has 0 aliphatic carbocycles. The van der Waals surface area contributed by atoms with E-state index in [2.05, 4.69) is 5.32 Å². The van der Waals surface area contributed by atoms with Gasteiger partial charge in [-0.2, -0.15) is 0 Å². The fourth-order valence-corrected chi connectivity index (χ4v) is 2.53. The van der Waals surface area contributed by atoms with Crippen LogP contribution in [0, 0.1) is 5.82 Å². The van der Waals surface area contributed by atoms with Gasteiger partial charge in [-0.05, 0) is 36.4 Å². The summed E-state index contributed by atoms with van der Waals surface area (Å²) in [6.07, 6.45) is 0. The number of aryl methyl sites for hydroxylation is 1. The Bertz CT molecular complexity index is 841. The highest BCUT2D eigenvalue weighted by atomic mass is 35.5. The van der Waals surface area contributed by atoms with Crippen molar-refractivity contribution in [1.82, 2.24) is 4.57 Å². The molecule has 1 heterocycles. The lowest BCUT2D eigenvalue weighted by molar-refractivity contribution is 0.102. The van der Waals surface area contributed by atoms with Gasteiger partial charge < -0.3 is 9.88 Å². The van der Waals surface area contributed by atoms with E-state index in [1.807, 2.05) is 12.1 Å². The minimum atomic E-state index is -0.395. The number of nitrogens with one attached hydrogen (secondary N) is 1. The van der Waals surface area contributed by atoms with Crippen molar-refractivity contribution in [3.05, 3.63) is 65.1 Å². The monoisotopic (exact) mass is 302 g/mol. The molecule has 0 atom stereocenters. The first-order chi connectivity index (χ1) is 10.1. The SMILES string of the molecule is Cn1c(C(=O)Nc2cccc(F)c2)cc2c(Cl)cccc21. The molecule has 3 nitrogen and oxygen atoms in total. The van der Waals surface area contributed by atoms with Gasteiger partial charge in [0.25, 0.3) is 5.91 Å². The van der Waals surface area contributed by atoms with E-state index in [0.717, 1.165) is 10.9 Å². The smallest absolute Gasteiger partial charge is 0.272 e. The first kappa shape index (κ1) is 13.6. The fraction of sp³-hybridized carbons (Fsp3) is 0.0625. The van der Waals surface area contributed by atoms with Crippen LogP contribution < -0.4 is 5.32 Å². The maximum absolute atomic E-state index is 13.1. The molecule has 0 saturated carbocycles. The summed E-state index contributed by atoms with van der Waals surface area (Å²) >= 11 is 6.13. The van der Waals surface area contributed by atoms with Gasteiger partial charge in [-0.25, -0.2) is 4.39 Å². The quantitative estimate of drug-likeness (QED) is 0.755. The van der Waals surface area contributed by atoms with Gasteiger partial charge in [-0.15, -0.1) is 0 Å². The van der Waals surface area contributed by atoms with E-state index in [4.69, 9.17) is 11.6 Å². The Balaban J connectivity index is 1.98. The zero-order chi connectivity index (χ0) is 15.0. The van der Waals surface area contributed by atoms with Crippen LogP contribution in [0.15, 0.2) is 48.5 Å². The summed E-state index contributed by atoms with van der Waals surface area (Å²) in [6, 6.07) is 13.0. The summed E-state index contributed by atoms with van der Waals surface area (Å²) in [5.41, 5.74) is 1.74. The molecule has 0 saturated heterocycles. The molecule has 0 fully saturated rings. The average molecular weight is 303 g/mol. The molecule has 1 N–H and O–H groups in total. The molecule has 0 aliphatic rings. The number of carbonyl (C=O) groups excluding carboxylic acids is 1. The van der Waals surface area contributed by atoms with Crippen LogP contribution in [0.4, 0.5) is 10.1 Å². The van der Waals surface area contributed by atoms with Crippen LogP contribution in [0.5, 0.6) is 0 Å².